The van der Waals surface area contributed by atoms with E-state index in [4.69, 9.17) is 4.74 Å². The summed E-state index contributed by atoms with van der Waals surface area (Å²) in [4.78, 5) is 16.8. The zero-order chi connectivity index (χ0) is 25.4. The van der Waals surface area contributed by atoms with Crippen LogP contribution < -0.4 is 10.1 Å². The fraction of sp³-hybridized carbons (Fsp3) is 0.269. The first-order chi connectivity index (χ1) is 17.9. The number of halogens is 1. The second-order valence-electron chi connectivity index (χ2n) is 9.40. The van der Waals surface area contributed by atoms with Crippen LogP contribution in [0, 0.1) is 0 Å². The number of rotatable bonds is 8. The molecule has 5 aromatic rings. The van der Waals surface area contributed by atoms with E-state index >= 15 is 0 Å². The van der Waals surface area contributed by atoms with Crippen molar-refractivity contribution in [3.63, 3.8) is 0 Å². The molecule has 1 N–H and O–H groups in total. The summed E-state index contributed by atoms with van der Waals surface area (Å²) in [5, 5.41) is 11.8. The van der Waals surface area contributed by atoms with E-state index in [1.807, 2.05) is 46.8 Å². The lowest BCUT2D eigenvalue weighted by Gasteiger charge is -2.41. The van der Waals surface area contributed by atoms with Gasteiger partial charge in [0.2, 0.25) is 0 Å². The van der Waals surface area contributed by atoms with Gasteiger partial charge in [-0.3, -0.25) is 9.30 Å². The summed E-state index contributed by atoms with van der Waals surface area (Å²) in [6.07, 6.45) is 6.89. The summed E-state index contributed by atoms with van der Waals surface area (Å²) in [6.45, 7) is 1.42. The van der Waals surface area contributed by atoms with Crippen LogP contribution in [0.1, 0.15) is 5.56 Å². The number of likely N-dealkylation sites (tertiary alicyclic amines) is 1. The monoisotopic (exact) mass is 499 g/mol. The Balaban J connectivity index is 1.12. The van der Waals surface area contributed by atoms with Crippen molar-refractivity contribution in [2.24, 2.45) is 7.05 Å². The van der Waals surface area contributed by atoms with Gasteiger partial charge in [0.05, 0.1) is 23.8 Å². The molecule has 5 heterocycles. The van der Waals surface area contributed by atoms with E-state index in [2.05, 4.69) is 42.6 Å². The van der Waals surface area contributed by atoms with Crippen molar-refractivity contribution in [2.75, 3.05) is 32.1 Å². The lowest BCUT2D eigenvalue weighted by molar-refractivity contribution is -0.0466. The fourth-order valence-corrected chi connectivity index (χ4v) is 4.52. The average molecular weight is 500 g/mol. The van der Waals surface area contributed by atoms with Gasteiger partial charge in [0.15, 0.2) is 5.67 Å². The molecule has 188 valence electrons. The van der Waals surface area contributed by atoms with Crippen molar-refractivity contribution in [2.45, 2.75) is 12.2 Å². The molecule has 0 bridgehead atoms. The van der Waals surface area contributed by atoms with E-state index in [9.17, 15) is 4.39 Å². The Labute approximate surface area is 212 Å². The minimum absolute atomic E-state index is 0.0328. The normalized spacial score (nSPS) is 15.0. The van der Waals surface area contributed by atoms with Crippen LogP contribution in [-0.2, 0) is 13.6 Å². The molecule has 37 heavy (non-hydrogen) atoms. The van der Waals surface area contributed by atoms with Gasteiger partial charge in [0, 0.05) is 50.6 Å². The van der Waals surface area contributed by atoms with E-state index < -0.39 is 5.67 Å². The van der Waals surface area contributed by atoms with Gasteiger partial charge in [-0.2, -0.15) is 15.0 Å². The molecular weight excluding hydrogens is 473 g/mol. The predicted molar refractivity (Wildman–Crippen MR) is 137 cm³/mol. The third kappa shape index (κ3) is 4.85. The number of aryl methyl sites for hydroxylation is 1. The minimum atomic E-state index is -1.29. The molecular formula is C26H26FN9O. The molecule has 1 aromatic carbocycles. The maximum atomic E-state index is 14.5. The molecule has 1 aliphatic rings. The topological polar surface area (TPSA) is 98.3 Å². The molecule has 0 radical (unpaired) electrons. The standard InChI is InChI=1S/C26H26FN9O/c1-34-14-26(27,15-34)16-37-20-7-8-36-23(13-29-25(36)9-20)21-10-24(31-17-30-21)28-11-18-3-5-19(6-4-18)22-12-32-35(2)33-22/h3-10,12-13,17H,11,14-16H2,1-2H3,(H,28,30,31). The minimum Gasteiger partial charge on any atom is -0.490 e. The summed E-state index contributed by atoms with van der Waals surface area (Å²) in [6, 6.07) is 13.7. The lowest BCUT2D eigenvalue weighted by Crippen LogP contribution is -2.60. The average Bonchev–Trinajstić information content (AvgIpc) is 3.52. The van der Waals surface area contributed by atoms with Crippen LogP contribution in [0.5, 0.6) is 5.75 Å². The van der Waals surface area contributed by atoms with Gasteiger partial charge in [0.25, 0.3) is 0 Å². The highest BCUT2D eigenvalue weighted by molar-refractivity contribution is 5.63. The molecule has 0 spiro atoms. The van der Waals surface area contributed by atoms with Crippen molar-refractivity contribution in [3.05, 3.63) is 72.9 Å². The van der Waals surface area contributed by atoms with E-state index in [0.29, 0.717) is 36.8 Å². The lowest BCUT2D eigenvalue weighted by atomic mass is 9.99. The van der Waals surface area contributed by atoms with Crippen LogP contribution in [0.15, 0.2) is 67.4 Å². The van der Waals surface area contributed by atoms with Gasteiger partial charge in [-0.25, -0.2) is 19.3 Å². The molecule has 0 atom stereocenters. The first-order valence-corrected chi connectivity index (χ1v) is 11.9. The summed E-state index contributed by atoms with van der Waals surface area (Å²) in [7, 11) is 3.69. The number of fused-ring (bicyclic) bond motifs is 1. The Morgan fingerprint density at radius 1 is 1.00 bits per heavy atom. The zero-order valence-corrected chi connectivity index (χ0v) is 20.5. The molecule has 6 rings (SSSR count). The Kier molecular flexibility index (Phi) is 5.76. The number of hydrogen-bond donors (Lipinski definition) is 1. The molecule has 4 aromatic heterocycles. The van der Waals surface area contributed by atoms with E-state index in [-0.39, 0.29) is 6.61 Å². The van der Waals surface area contributed by atoms with Crippen molar-refractivity contribution in [1.82, 2.24) is 39.2 Å². The van der Waals surface area contributed by atoms with E-state index in [1.54, 1.807) is 30.3 Å². The van der Waals surface area contributed by atoms with Crippen LogP contribution in [-0.4, -0.2) is 71.7 Å². The molecule has 0 unspecified atom stereocenters. The third-order valence-electron chi connectivity index (χ3n) is 6.34. The van der Waals surface area contributed by atoms with Crippen molar-refractivity contribution >= 4 is 11.5 Å². The molecule has 11 heteroatoms. The maximum absolute atomic E-state index is 14.5. The number of hydrogen-bond acceptors (Lipinski definition) is 8. The van der Waals surface area contributed by atoms with Crippen LogP contribution in [0.25, 0.3) is 28.3 Å². The number of anilines is 1. The highest BCUT2D eigenvalue weighted by Gasteiger charge is 2.42. The summed E-state index contributed by atoms with van der Waals surface area (Å²) in [5.41, 5.74) is 3.93. The SMILES string of the molecule is CN1CC(F)(COc2ccn3c(-c4cc(NCc5ccc(-c6cnn(C)n6)cc5)ncn4)cnc3c2)C1. The zero-order valence-electron chi connectivity index (χ0n) is 20.5. The van der Waals surface area contributed by atoms with Gasteiger partial charge in [-0.15, -0.1) is 0 Å². The summed E-state index contributed by atoms with van der Waals surface area (Å²) >= 11 is 0. The second-order valence-corrected chi connectivity index (χ2v) is 9.40. The first-order valence-electron chi connectivity index (χ1n) is 11.9. The number of aromatic nitrogens is 7. The molecule has 0 amide bonds. The van der Waals surface area contributed by atoms with Crippen molar-refractivity contribution < 1.29 is 9.13 Å². The number of benzene rings is 1. The number of imidazole rings is 1. The number of ether oxygens (including phenoxy) is 1. The molecule has 1 aliphatic heterocycles. The third-order valence-corrected chi connectivity index (χ3v) is 6.34. The van der Waals surface area contributed by atoms with Crippen LogP contribution in [0.3, 0.4) is 0 Å². The number of nitrogens with zero attached hydrogens (tertiary/aromatic N) is 8. The van der Waals surface area contributed by atoms with Crippen LogP contribution in [0.2, 0.25) is 0 Å². The Morgan fingerprint density at radius 2 is 1.84 bits per heavy atom. The molecule has 0 saturated carbocycles. The van der Waals surface area contributed by atoms with Crippen molar-refractivity contribution in [3.8, 4) is 28.4 Å². The Bertz CT molecular complexity index is 1540. The summed E-state index contributed by atoms with van der Waals surface area (Å²) in [5.74, 6) is 1.29. The first kappa shape index (κ1) is 23.0. The smallest absolute Gasteiger partial charge is 0.169 e. The highest BCUT2D eigenvalue weighted by Crippen LogP contribution is 2.27. The van der Waals surface area contributed by atoms with Gasteiger partial charge >= 0.3 is 0 Å². The van der Waals surface area contributed by atoms with Gasteiger partial charge < -0.3 is 10.1 Å². The highest BCUT2D eigenvalue weighted by atomic mass is 19.1. The second kappa shape index (κ2) is 9.25. The Morgan fingerprint density at radius 3 is 2.59 bits per heavy atom. The fourth-order valence-electron chi connectivity index (χ4n) is 4.52. The number of pyridine rings is 1. The predicted octanol–water partition coefficient (Wildman–Crippen LogP) is 3.23. The van der Waals surface area contributed by atoms with E-state index in [0.717, 1.165) is 28.2 Å². The number of nitrogens with one attached hydrogen (secondary N) is 1. The van der Waals surface area contributed by atoms with Gasteiger partial charge in [0.1, 0.15) is 35.8 Å². The van der Waals surface area contributed by atoms with E-state index in [1.165, 1.54) is 6.33 Å². The summed E-state index contributed by atoms with van der Waals surface area (Å²) < 4.78 is 22.1. The van der Waals surface area contributed by atoms with Gasteiger partial charge in [-0.1, -0.05) is 24.3 Å². The molecule has 10 nitrogen and oxygen atoms in total. The van der Waals surface area contributed by atoms with Crippen LogP contribution in [0.4, 0.5) is 10.2 Å². The number of alkyl halides is 1. The molecule has 1 saturated heterocycles. The van der Waals surface area contributed by atoms with Crippen LogP contribution >= 0.6 is 0 Å². The quantitative estimate of drug-likeness (QED) is 0.348. The largest absolute Gasteiger partial charge is 0.490 e. The molecule has 0 aliphatic carbocycles. The molecule has 1 fully saturated rings. The maximum Gasteiger partial charge on any atom is 0.169 e. The van der Waals surface area contributed by atoms with Crippen molar-refractivity contribution in [1.29, 1.82) is 0 Å². The van der Waals surface area contributed by atoms with Gasteiger partial charge in [-0.05, 0) is 18.7 Å². The Hall–Kier alpha value is -4.38.